The molecule has 2 nitrogen and oxygen atoms in total. The summed E-state index contributed by atoms with van der Waals surface area (Å²) in [5.41, 5.74) is 0.237. The molecule has 0 N–H and O–H groups in total. The van der Waals surface area contributed by atoms with Gasteiger partial charge in [-0.05, 0) is 18.3 Å². The van der Waals surface area contributed by atoms with Gasteiger partial charge in [0.25, 0.3) is 0 Å². The molecule has 12 heavy (non-hydrogen) atoms. The van der Waals surface area contributed by atoms with Gasteiger partial charge >= 0.3 is 0 Å². The molecule has 0 saturated carbocycles. The predicted molar refractivity (Wildman–Crippen MR) is 49.9 cm³/mol. The normalized spacial score (nSPS) is 22.9. The second-order valence-electron chi connectivity index (χ2n) is 4.47. The molecule has 1 aliphatic rings. The van der Waals surface area contributed by atoms with E-state index in [2.05, 4.69) is 20.8 Å². The molecule has 1 aliphatic heterocycles. The number of nitrogens with zero attached hydrogens (tertiary/aromatic N) is 1. The summed E-state index contributed by atoms with van der Waals surface area (Å²) < 4.78 is 0. The third-order valence-corrected chi connectivity index (χ3v) is 2.53. The highest BCUT2D eigenvalue weighted by atomic mass is 16.2. The first-order valence-corrected chi connectivity index (χ1v) is 4.83. The molecule has 1 rings (SSSR count). The molecule has 0 aliphatic carbocycles. The first kappa shape index (κ1) is 9.56. The van der Waals surface area contributed by atoms with Crippen molar-refractivity contribution in [3.63, 3.8) is 0 Å². The van der Waals surface area contributed by atoms with E-state index >= 15 is 0 Å². The van der Waals surface area contributed by atoms with E-state index in [0.717, 1.165) is 32.4 Å². The zero-order chi connectivity index (χ0) is 9.19. The predicted octanol–water partition coefficient (Wildman–Crippen LogP) is 2.04. The highest BCUT2D eigenvalue weighted by Gasteiger charge is 2.30. The molecule has 0 aromatic heterocycles. The fraction of sp³-hybridized carbons (Fsp3) is 0.900. The monoisotopic (exact) mass is 169 g/mol. The van der Waals surface area contributed by atoms with Gasteiger partial charge < -0.3 is 4.90 Å². The van der Waals surface area contributed by atoms with Crippen LogP contribution in [0.4, 0.5) is 0 Å². The third kappa shape index (κ3) is 2.23. The lowest BCUT2D eigenvalue weighted by atomic mass is 9.82. The SMILES string of the molecule is CCCN1CCC(C)(C)CC1=O. The maximum Gasteiger partial charge on any atom is 0.223 e. The van der Waals surface area contributed by atoms with Gasteiger partial charge in [-0.2, -0.15) is 0 Å². The fourth-order valence-electron chi connectivity index (χ4n) is 1.68. The van der Waals surface area contributed by atoms with E-state index in [1.165, 1.54) is 0 Å². The van der Waals surface area contributed by atoms with Crippen LogP contribution in [0.5, 0.6) is 0 Å². The molecule has 0 aromatic rings. The van der Waals surface area contributed by atoms with Gasteiger partial charge in [-0.25, -0.2) is 0 Å². The average Bonchev–Trinajstić information content (AvgIpc) is 1.94. The molecule has 1 amide bonds. The van der Waals surface area contributed by atoms with Gasteiger partial charge in [0.1, 0.15) is 0 Å². The van der Waals surface area contributed by atoms with Gasteiger partial charge in [0.15, 0.2) is 0 Å². The number of amides is 1. The minimum absolute atomic E-state index is 0.237. The number of carbonyl (C=O) groups is 1. The molecule has 0 spiro atoms. The van der Waals surface area contributed by atoms with Crippen molar-refractivity contribution in [1.29, 1.82) is 0 Å². The van der Waals surface area contributed by atoms with Gasteiger partial charge in [-0.1, -0.05) is 20.8 Å². The Labute approximate surface area is 74.9 Å². The van der Waals surface area contributed by atoms with E-state index in [9.17, 15) is 4.79 Å². The van der Waals surface area contributed by atoms with Gasteiger partial charge in [0.05, 0.1) is 0 Å². The lowest BCUT2D eigenvalue weighted by Crippen LogP contribution is -2.42. The minimum Gasteiger partial charge on any atom is -0.343 e. The van der Waals surface area contributed by atoms with Crippen molar-refractivity contribution < 1.29 is 4.79 Å². The van der Waals surface area contributed by atoms with Crippen LogP contribution in [0.15, 0.2) is 0 Å². The maximum absolute atomic E-state index is 11.5. The summed E-state index contributed by atoms with van der Waals surface area (Å²) >= 11 is 0. The molecule has 2 heteroatoms. The van der Waals surface area contributed by atoms with Crippen LogP contribution in [0.1, 0.15) is 40.0 Å². The van der Waals surface area contributed by atoms with E-state index in [4.69, 9.17) is 0 Å². The summed E-state index contributed by atoms with van der Waals surface area (Å²) in [5, 5.41) is 0. The number of rotatable bonds is 2. The van der Waals surface area contributed by atoms with Crippen LogP contribution < -0.4 is 0 Å². The van der Waals surface area contributed by atoms with Crippen LogP contribution in [0.2, 0.25) is 0 Å². The zero-order valence-corrected chi connectivity index (χ0v) is 8.39. The summed E-state index contributed by atoms with van der Waals surface area (Å²) in [7, 11) is 0. The number of likely N-dealkylation sites (tertiary alicyclic amines) is 1. The third-order valence-electron chi connectivity index (χ3n) is 2.53. The Balaban J connectivity index is 2.48. The fourth-order valence-corrected chi connectivity index (χ4v) is 1.68. The molecule has 0 atom stereocenters. The Bertz CT molecular complexity index is 175. The van der Waals surface area contributed by atoms with Gasteiger partial charge in [0, 0.05) is 19.5 Å². The summed E-state index contributed by atoms with van der Waals surface area (Å²) in [4.78, 5) is 13.5. The van der Waals surface area contributed by atoms with Crippen molar-refractivity contribution in [2.24, 2.45) is 5.41 Å². The van der Waals surface area contributed by atoms with Crippen molar-refractivity contribution >= 4 is 5.91 Å². The molecule has 1 saturated heterocycles. The van der Waals surface area contributed by atoms with Crippen molar-refractivity contribution in [3.05, 3.63) is 0 Å². The first-order chi connectivity index (χ1) is 5.55. The number of carbonyl (C=O) groups excluding carboxylic acids is 1. The second kappa shape index (κ2) is 3.46. The molecule has 1 fully saturated rings. The Kier molecular flexibility index (Phi) is 2.76. The van der Waals surface area contributed by atoms with E-state index in [1.807, 2.05) is 4.90 Å². The van der Waals surface area contributed by atoms with E-state index in [1.54, 1.807) is 0 Å². The summed E-state index contributed by atoms with van der Waals surface area (Å²) in [5.74, 6) is 0.341. The largest absolute Gasteiger partial charge is 0.343 e. The van der Waals surface area contributed by atoms with E-state index in [0.29, 0.717) is 5.91 Å². The van der Waals surface area contributed by atoms with Crippen LogP contribution >= 0.6 is 0 Å². The Hall–Kier alpha value is -0.530. The maximum atomic E-state index is 11.5. The first-order valence-electron chi connectivity index (χ1n) is 4.83. The summed E-state index contributed by atoms with van der Waals surface area (Å²) in [6.07, 6.45) is 2.96. The van der Waals surface area contributed by atoms with Gasteiger partial charge in [0.2, 0.25) is 5.91 Å². The van der Waals surface area contributed by atoms with Crippen molar-refractivity contribution in [3.8, 4) is 0 Å². The quantitative estimate of drug-likeness (QED) is 0.619. The van der Waals surface area contributed by atoms with Crippen LogP contribution in [0.3, 0.4) is 0 Å². The second-order valence-corrected chi connectivity index (χ2v) is 4.47. The molecule has 0 unspecified atom stereocenters. The number of hydrogen-bond donors (Lipinski definition) is 0. The number of hydrogen-bond acceptors (Lipinski definition) is 1. The Morgan fingerprint density at radius 3 is 2.67 bits per heavy atom. The molecular weight excluding hydrogens is 150 g/mol. The Morgan fingerprint density at radius 1 is 1.50 bits per heavy atom. The summed E-state index contributed by atoms with van der Waals surface area (Å²) in [6, 6.07) is 0. The minimum atomic E-state index is 0.237. The number of piperidine rings is 1. The van der Waals surface area contributed by atoms with Gasteiger partial charge in [-0.3, -0.25) is 4.79 Å². The van der Waals surface area contributed by atoms with Crippen molar-refractivity contribution in [2.45, 2.75) is 40.0 Å². The van der Waals surface area contributed by atoms with E-state index < -0.39 is 0 Å². The van der Waals surface area contributed by atoms with Crippen molar-refractivity contribution in [1.82, 2.24) is 4.90 Å². The molecule has 1 heterocycles. The highest BCUT2D eigenvalue weighted by Crippen LogP contribution is 2.30. The van der Waals surface area contributed by atoms with E-state index in [-0.39, 0.29) is 5.41 Å². The van der Waals surface area contributed by atoms with Crippen LogP contribution in [0.25, 0.3) is 0 Å². The molecule has 0 radical (unpaired) electrons. The lowest BCUT2D eigenvalue weighted by molar-refractivity contribution is -0.137. The topological polar surface area (TPSA) is 20.3 Å². The lowest BCUT2D eigenvalue weighted by Gasteiger charge is -2.36. The zero-order valence-electron chi connectivity index (χ0n) is 8.39. The molecular formula is C10H19NO. The molecule has 0 aromatic carbocycles. The average molecular weight is 169 g/mol. The smallest absolute Gasteiger partial charge is 0.223 e. The van der Waals surface area contributed by atoms with Gasteiger partial charge in [-0.15, -0.1) is 0 Å². The highest BCUT2D eigenvalue weighted by molar-refractivity contribution is 5.77. The standard InChI is InChI=1S/C10H19NO/c1-4-6-11-7-5-10(2,3)8-9(11)12/h4-8H2,1-3H3. The molecule has 70 valence electrons. The van der Waals surface area contributed by atoms with Crippen LogP contribution in [-0.2, 0) is 4.79 Å². The van der Waals surface area contributed by atoms with Crippen LogP contribution in [0, 0.1) is 5.41 Å². The summed E-state index contributed by atoms with van der Waals surface area (Å²) in [6.45, 7) is 8.37. The molecule has 0 bridgehead atoms. The van der Waals surface area contributed by atoms with Crippen LogP contribution in [-0.4, -0.2) is 23.9 Å². The van der Waals surface area contributed by atoms with Crippen molar-refractivity contribution in [2.75, 3.05) is 13.1 Å². The Morgan fingerprint density at radius 2 is 2.17 bits per heavy atom.